The molecule has 0 unspecified atom stereocenters. The van der Waals surface area contributed by atoms with Gasteiger partial charge in [0.1, 0.15) is 10.8 Å². The average Bonchev–Trinajstić information content (AvgIpc) is 2.53. The van der Waals surface area contributed by atoms with Gasteiger partial charge >= 0.3 is 0 Å². The first-order chi connectivity index (χ1) is 7.16. The van der Waals surface area contributed by atoms with E-state index in [9.17, 15) is 0 Å². The van der Waals surface area contributed by atoms with Crippen LogP contribution in [0.25, 0.3) is 0 Å². The third kappa shape index (κ3) is 2.43. The summed E-state index contributed by atoms with van der Waals surface area (Å²) in [5.41, 5.74) is 6.84. The fourth-order valence-electron chi connectivity index (χ4n) is 2.07. The summed E-state index contributed by atoms with van der Waals surface area (Å²) in [7, 11) is 0. The third-order valence-corrected chi connectivity index (χ3v) is 4.21. The van der Waals surface area contributed by atoms with E-state index in [0.29, 0.717) is 11.9 Å². The molecule has 1 aliphatic carbocycles. The lowest BCUT2D eigenvalue weighted by Gasteiger charge is -2.27. The average molecular weight is 225 g/mol. The second-order valence-electron chi connectivity index (χ2n) is 4.62. The van der Waals surface area contributed by atoms with Gasteiger partial charge in [0.05, 0.1) is 0 Å². The van der Waals surface area contributed by atoms with Crippen LogP contribution < -0.4 is 11.1 Å². The number of nitrogens with two attached hydrogens (primary N) is 1. The van der Waals surface area contributed by atoms with E-state index in [1.165, 1.54) is 37.2 Å². The van der Waals surface area contributed by atoms with Crippen LogP contribution in [-0.4, -0.2) is 10.4 Å². The molecule has 0 aliphatic heterocycles. The number of nitrogen functional groups attached to an aromatic ring is 1. The molecule has 0 amide bonds. The van der Waals surface area contributed by atoms with E-state index >= 15 is 0 Å². The Kier molecular flexibility index (Phi) is 3.14. The first-order valence-corrected chi connectivity index (χ1v) is 6.42. The maximum absolute atomic E-state index is 5.73. The van der Waals surface area contributed by atoms with Crippen LogP contribution >= 0.6 is 11.5 Å². The molecule has 2 rings (SSSR count). The van der Waals surface area contributed by atoms with Crippen LogP contribution in [0.4, 0.5) is 10.8 Å². The van der Waals surface area contributed by atoms with Crippen molar-refractivity contribution in [1.82, 2.24) is 4.37 Å². The van der Waals surface area contributed by atoms with E-state index in [1.807, 2.05) is 6.92 Å². The second kappa shape index (κ2) is 4.39. The predicted octanol–water partition coefficient (Wildman–Crippen LogP) is 3.02. The SMILES string of the molecule is Cc1c(N)nsc1NC1CCC(C)CC1. The molecule has 15 heavy (non-hydrogen) atoms. The van der Waals surface area contributed by atoms with Gasteiger partial charge in [-0.3, -0.25) is 0 Å². The second-order valence-corrected chi connectivity index (χ2v) is 5.40. The van der Waals surface area contributed by atoms with Crippen LogP contribution in [0.5, 0.6) is 0 Å². The van der Waals surface area contributed by atoms with Gasteiger partial charge in [0.15, 0.2) is 0 Å². The Labute approximate surface area is 95.2 Å². The topological polar surface area (TPSA) is 50.9 Å². The molecule has 1 fully saturated rings. The molecular weight excluding hydrogens is 206 g/mol. The summed E-state index contributed by atoms with van der Waals surface area (Å²) in [5.74, 6) is 1.57. The van der Waals surface area contributed by atoms with Crippen molar-refractivity contribution in [1.29, 1.82) is 0 Å². The fourth-order valence-corrected chi connectivity index (χ4v) is 2.86. The Balaban J connectivity index is 1.94. The zero-order valence-corrected chi connectivity index (χ0v) is 10.2. The van der Waals surface area contributed by atoms with Crippen LogP contribution in [-0.2, 0) is 0 Å². The normalized spacial score (nSPS) is 26.5. The number of anilines is 2. The van der Waals surface area contributed by atoms with Gasteiger partial charge in [-0.15, -0.1) is 0 Å². The molecule has 84 valence electrons. The number of aromatic nitrogens is 1. The lowest BCUT2D eigenvalue weighted by Crippen LogP contribution is -2.25. The zero-order valence-electron chi connectivity index (χ0n) is 9.42. The van der Waals surface area contributed by atoms with Crippen LogP contribution in [0.3, 0.4) is 0 Å². The summed E-state index contributed by atoms with van der Waals surface area (Å²) < 4.78 is 4.15. The largest absolute Gasteiger partial charge is 0.383 e. The zero-order chi connectivity index (χ0) is 10.8. The quantitative estimate of drug-likeness (QED) is 0.813. The van der Waals surface area contributed by atoms with E-state index in [1.54, 1.807) is 0 Å². The van der Waals surface area contributed by atoms with Crippen molar-refractivity contribution in [2.24, 2.45) is 5.92 Å². The van der Waals surface area contributed by atoms with Crippen LogP contribution in [0.1, 0.15) is 38.2 Å². The Morgan fingerprint density at radius 3 is 2.53 bits per heavy atom. The molecule has 0 radical (unpaired) electrons. The highest BCUT2D eigenvalue weighted by molar-refractivity contribution is 7.10. The first-order valence-electron chi connectivity index (χ1n) is 5.65. The van der Waals surface area contributed by atoms with Gasteiger partial charge in [-0.2, -0.15) is 4.37 Å². The van der Waals surface area contributed by atoms with Crippen LogP contribution in [0.2, 0.25) is 0 Å². The van der Waals surface area contributed by atoms with Gasteiger partial charge in [-0.05, 0) is 50.1 Å². The lowest BCUT2D eigenvalue weighted by atomic mass is 9.87. The minimum Gasteiger partial charge on any atom is -0.383 e. The Morgan fingerprint density at radius 1 is 1.33 bits per heavy atom. The van der Waals surface area contributed by atoms with E-state index < -0.39 is 0 Å². The Bertz CT molecular complexity index is 327. The molecule has 1 heterocycles. The van der Waals surface area contributed by atoms with Gasteiger partial charge < -0.3 is 11.1 Å². The smallest absolute Gasteiger partial charge is 0.142 e. The van der Waals surface area contributed by atoms with Gasteiger partial charge in [-0.1, -0.05) is 6.92 Å². The van der Waals surface area contributed by atoms with Crippen molar-refractivity contribution in [3.05, 3.63) is 5.56 Å². The minimum absolute atomic E-state index is 0.625. The summed E-state index contributed by atoms with van der Waals surface area (Å²) in [4.78, 5) is 0. The van der Waals surface area contributed by atoms with Crippen molar-refractivity contribution < 1.29 is 0 Å². The molecule has 1 saturated carbocycles. The minimum atomic E-state index is 0.625. The standard InChI is InChI=1S/C11H19N3S/c1-7-3-5-9(6-4-7)13-11-8(2)10(12)14-15-11/h7,9,13H,3-6H2,1-2H3,(H2,12,14). The van der Waals surface area contributed by atoms with Crippen molar-refractivity contribution in [2.45, 2.75) is 45.6 Å². The number of nitrogens with zero attached hydrogens (tertiary/aromatic N) is 1. The van der Waals surface area contributed by atoms with Gasteiger partial charge in [0, 0.05) is 11.6 Å². The molecule has 4 heteroatoms. The van der Waals surface area contributed by atoms with Gasteiger partial charge in [0.2, 0.25) is 0 Å². The molecule has 0 spiro atoms. The summed E-state index contributed by atoms with van der Waals surface area (Å²) >= 11 is 1.48. The maximum Gasteiger partial charge on any atom is 0.142 e. The van der Waals surface area contributed by atoms with Gasteiger partial charge in [-0.25, -0.2) is 0 Å². The van der Waals surface area contributed by atoms with Crippen LogP contribution in [0, 0.1) is 12.8 Å². The molecular formula is C11H19N3S. The van der Waals surface area contributed by atoms with Gasteiger partial charge in [0.25, 0.3) is 0 Å². The van der Waals surface area contributed by atoms with E-state index in [-0.39, 0.29) is 0 Å². The highest BCUT2D eigenvalue weighted by atomic mass is 32.1. The van der Waals surface area contributed by atoms with Crippen molar-refractivity contribution in [3.63, 3.8) is 0 Å². The number of hydrogen-bond donors (Lipinski definition) is 2. The molecule has 0 bridgehead atoms. The third-order valence-electron chi connectivity index (χ3n) is 3.31. The van der Waals surface area contributed by atoms with E-state index in [2.05, 4.69) is 16.6 Å². The number of nitrogens with one attached hydrogen (secondary N) is 1. The monoisotopic (exact) mass is 225 g/mol. The van der Waals surface area contributed by atoms with Crippen molar-refractivity contribution >= 4 is 22.4 Å². The van der Waals surface area contributed by atoms with Crippen molar-refractivity contribution in [3.8, 4) is 0 Å². The molecule has 0 aromatic carbocycles. The molecule has 1 aromatic heterocycles. The summed E-state index contributed by atoms with van der Waals surface area (Å²) in [6.45, 7) is 4.37. The molecule has 1 aromatic rings. The molecule has 3 nitrogen and oxygen atoms in total. The molecule has 1 aliphatic rings. The Morgan fingerprint density at radius 2 is 2.00 bits per heavy atom. The lowest BCUT2D eigenvalue weighted by molar-refractivity contribution is 0.361. The van der Waals surface area contributed by atoms with E-state index in [0.717, 1.165) is 16.5 Å². The highest BCUT2D eigenvalue weighted by Crippen LogP contribution is 2.30. The fraction of sp³-hybridized carbons (Fsp3) is 0.727. The highest BCUT2D eigenvalue weighted by Gasteiger charge is 2.19. The number of rotatable bonds is 2. The molecule has 0 atom stereocenters. The summed E-state index contributed by atoms with van der Waals surface area (Å²) in [6.07, 6.45) is 5.23. The summed E-state index contributed by atoms with van der Waals surface area (Å²) in [5, 5.41) is 4.73. The molecule has 0 saturated heterocycles. The molecule has 3 N–H and O–H groups in total. The first kappa shape index (κ1) is 10.7. The predicted molar refractivity (Wildman–Crippen MR) is 66.3 cm³/mol. The van der Waals surface area contributed by atoms with E-state index in [4.69, 9.17) is 5.73 Å². The summed E-state index contributed by atoms with van der Waals surface area (Å²) in [6, 6.07) is 0.625. The van der Waals surface area contributed by atoms with Crippen LogP contribution in [0.15, 0.2) is 0 Å². The number of hydrogen-bond acceptors (Lipinski definition) is 4. The Hall–Kier alpha value is -0.770. The van der Waals surface area contributed by atoms with Crippen molar-refractivity contribution in [2.75, 3.05) is 11.1 Å². The maximum atomic E-state index is 5.73.